The first-order valence-corrected chi connectivity index (χ1v) is 17.6. The van der Waals surface area contributed by atoms with Gasteiger partial charge in [-0.05, 0) is 104 Å². The van der Waals surface area contributed by atoms with Gasteiger partial charge < -0.3 is 30.2 Å². The summed E-state index contributed by atoms with van der Waals surface area (Å²) in [5, 5.41) is 9.80. The van der Waals surface area contributed by atoms with Crippen molar-refractivity contribution >= 4 is 28.8 Å². The number of aromatic nitrogens is 2. The van der Waals surface area contributed by atoms with Crippen molar-refractivity contribution in [3.63, 3.8) is 0 Å². The van der Waals surface area contributed by atoms with E-state index in [4.69, 9.17) is 9.72 Å². The van der Waals surface area contributed by atoms with Crippen LogP contribution in [-0.4, -0.2) is 54.3 Å². The van der Waals surface area contributed by atoms with E-state index < -0.39 is 0 Å². The van der Waals surface area contributed by atoms with Gasteiger partial charge in [0.15, 0.2) is 5.82 Å². The summed E-state index contributed by atoms with van der Waals surface area (Å²) in [6.07, 6.45) is 6.63. The first-order valence-electron chi connectivity index (χ1n) is 17.6. The van der Waals surface area contributed by atoms with Crippen LogP contribution < -0.4 is 26.4 Å². The highest BCUT2D eigenvalue weighted by Gasteiger charge is 2.22. The van der Waals surface area contributed by atoms with E-state index in [9.17, 15) is 9.59 Å². The maximum atomic E-state index is 13.2. The number of anilines is 4. The number of aryl methyl sites for hydroxylation is 1. The van der Waals surface area contributed by atoms with Gasteiger partial charge in [0.25, 0.3) is 11.5 Å². The maximum Gasteiger partial charge on any atom is 0.293 e. The lowest BCUT2D eigenvalue weighted by Crippen LogP contribution is -2.39. The number of carbonyl (C=O) groups excluding carboxylic acids is 1. The second-order valence-corrected chi connectivity index (χ2v) is 14.6. The molecule has 4 aromatic rings. The summed E-state index contributed by atoms with van der Waals surface area (Å²) in [5.74, 6) is 0.708. The number of hydrogen-bond acceptors (Lipinski definition) is 7. The summed E-state index contributed by atoms with van der Waals surface area (Å²) in [4.78, 5) is 33.5. The van der Waals surface area contributed by atoms with Crippen molar-refractivity contribution in [1.29, 1.82) is 0 Å². The molecule has 0 aliphatic carbocycles. The third-order valence-electron chi connectivity index (χ3n) is 9.85. The topological polar surface area (TPSA) is 101 Å². The van der Waals surface area contributed by atoms with Crippen LogP contribution in [0.2, 0.25) is 0 Å². The molecular formula is C40H50N6O3. The number of benzene rings is 3. The van der Waals surface area contributed by atoms with Crippen LogP contribution in [-0.2, 0) is 17.2 Å². The molecule has 0 bridgehead atoms. The Hall–Kier alpha value is -4.47. The van der Waals surface area contributed by atoms with Gasteiger partial charge >= 0.3 is 0 Å². The quantitative estimate of drug-likeness (QED) is 0.177. The molecule has 9 heteroatoms. The van der Waals surface area contributed by atoms with Crippen LogP contribution in [0.3, 0.4) is 0 Å². The van der Waals surface area contributed by atoms with E-state index in [-0.39, 0.29) is 22.7 Å². The first-order chi connectivity index (χ1) is 23.5. The van der Waals surface area contributed by atoms with Crippen LogP contribution in [0.1, 0.15) is 67.9 Å². The minimum absolute atomic E-state index is 0.0132. The predicted molar refractivity (Wildman–Crippen MR) is 199 cm³/mol. The molecule has 1 amide bonds. The SMILES string of the molecule is Cc1c(NC(=O)c2ccc(C(C)(C)C)cc2)cccc1-c1cn(C)c(=O)c(Nc2ccc(N3CCC(OCC4CCCNC4)CC3)cc2)n1. The van der Waals surface area contributed by atoms with Crippen LogP contribution in [0.25, 0.3) is 11.3 Å². The van der Waals surface area contributed by atoms with E-state index in [2.05, 4.69) is 53.8 Å². The van der Waals surface area contributed by atoms with Gasteiger partial charge in [0.05, 0.1) is 18.4 Å². The van der Waals surface area contributed by atoms with Crippen molar-refractivity contribution < 1.29 is 9.53 Å². The number of hydrogen-bond donors (Lipinski definition) is 3. The monoisotopic (exact) mass is 662 g/mol. The summed E-state index contributed by atoms with van der Waals surface area (Å²) >= 11 is 0. The van der Waals surface area contributed by atoms with Gasteiger partial charge in [-0.25, -0.2) is 4.98 Å². The van der Waals surface area contributed by atoms with E-state index in [0.29, 0.717) is 29.0 Å². The summed E-state index contributed by atoms with van der Waals surface area (Å²) in [7, 11) is 1.73. The molecule has 49 heavy (non-hydrogen) atoms. The van der Waals surface area contributed by atoms with Gasteiger partial charge in [-0.3, -0.25) is 9.59 Å². The van der Waals surface area contributed by atoms with Crippen molar-refractivity contribution in [3.05, 3.63) is 100.0 Å². The third-order valence-corrected chi connectivity index (χ3v) is 9.85. The lowest BCUT2D eigenvalue weighted by molar-refractivity contribution is 0.0108. The first kappa shape index (κ1) is 34.4. The number of amides is 1. The van der Waals surface area contributed by atoms with Crippen LogP contribution in [0, 0.1) is 12.8 Å². The van der Waals surface area contributed by atoms with Gasteiger partial charge in [-0.2, -0.15) is 0 Å². The third kappa shape index (κ3) is 8.40. The molecule has 0 radical (unpaired) electrons. The zero-order valence-electron chi connectivity index (χ0n) is 29.5. The predicted octanol–water partition coefficient (Wildman–Crippen LogP) is 7.03. The van der Waals surface area contributed by atoms with Crippen molar-refractivity contribution in [2.45, 2.75) is 64.9 Å². The van der Waals surface area contributed by atoms with E-state index >= 15 is 0 Å². The zero-order valence-corrected chi connectivity index (χ0v) is 29.5. The van der Waals surface area contributed by atoms with Gasteiger partial charge in [0.2, 0.25) is 0 Å². The van der Waals surface area contributed by atoms with Crippen molar-refractivity contribution in [2.24, 2.45) is 13.0 Å². The van der Waals surface area contributed by atoms with Gasteiger partial charge in [0, 0.05) is 61.1 Å². The van der Waals surface area contributed by atoms with Gasteiger partial charge in [0.1, 0.15) is 0 Å². The second kappa shape index (κ2) is 15.0. The minimum atomic E-state index is -0.222. The van der Waals surface area contributed by atoms with E-state index in [1.54, 1.807) is 13.2 Å². The summed E-state index contributed by atoms with van der Waals surface area (Å²) < 4.78 is 7.82. The normalized spacial score (nSPS) is 17.2. The number of carbonyl (C=O) groups is 1. The van der Waals surface area contributed by atoms with Crippen LogP contribution in [0.4, 0.5) is 22.9 Å². The Morgan fingerprint density at radius 1 is 1.00 bits per heavy atom. The number of rotatable bonds is 9. The molecule has 0 saturated carbocycles. The fourth-order valence-electron chi connectivity index (χ4n) is 6.69. The van der Waals surface area contributed by atoms with Crippen LogP contribution in [0.15, 0.2) is 77.7 Å². The molecule has 1 atom stereocenters. The molecule has 3 aromatic carbocycles. The molecule has 1 aromatic heterocycles. The van der Waals surface area contributed by atoms with Gasteiger partial charge in [-0.15, -0.1) is 0 Å². The molecule has 258 valence electrons. The molecule has 1 unspecified atom stereocenters. The average Bonchev–Trinajstić information content (AvgIpc) is 3.11. The Morgan fingerprint density at radius 2 is 1.73 bits per heavy atom. The van der Waals surface area contributed by atoms with Crippen LogP contribution in [0.5, 0.6) is 0 Å². The summed E-state index contributed by atoms with van der Waals surface area (Å²) in [5.41, 5.74) is 6.54. The molecule has 3 heterocycles. The highest BCUT2D eigenvalue weighted by Crippen LogP contribution is 2.30. The molecule has 2 aliphatic heterocycles. The van der Waals surface area contributed by atoms with Crippen molar-refractivity contribution in [2.75, 3.05) is 48.3 Å². The fraction of sp³-hybridized carbons (Fsp3) is 0.425. The van der Waals surface area contributed by atoms with E-state index in [1.165, 1.54) is 23.0 Å². The summed E-state index contributed by atoms with van der Waals surface area (Å²) in [6, 6.07) is 21.6. The molecule has 2 saturated heterocycles. The molecule has 9 nitrogen and oxygen atoms in total. The van der Waals surface area contributed by atoms with Crippen molar-refractivity contribution in [1.82, 2.24) is 14.9 Å². The molecule has 2 aliphatic rings. The number of ether oxygens (including phenoxy) is 1. The Bertz CT molecular complexity index is 1800. The zero-order chi connectivity index (χ0) is 34.5. The maximum absolute atomic E-state index is 13.2. The molecule has 0 spiro atoms. The second-order valence-electron chi connectivity index (χ2n) is 14.6. The summed E-state index contributed by atoms with van der Waals surface area (Å²) in [6.45, 7) is 13.4. The Balaban J connectivity index is 1.10. The largest absolute Gasteiger partial charge is 0.378 e. The molecular weight excluding hydrogens is 612 g/mol. The minimum Gasteiger partial charge on any atom is -0.378 e. The standard InChI is InChI=1S/C40H50N6O3/c1-27-34(9-6-10-35(27)44-38(47)29-11-13-30(14-12-29)40(2,3)4)36-25-45(5)39(48)37(43-36)42-31-15-17-32(18-16-31)46-22-19-33(20-23-46)49-26-28-8-7-21-41-24-28/h6,9-18,25,28,33,41H,7-8,19-24,26H2,1-5H3,(H,42,43)(H,44,47). The number of nitrogens with one attached hydrogen (secondary N) is 3. The Labute approximate surface area is 290 Å². The van der Waals surface area contributed by atoms with E-state index in [1.807, 2.05) is 61.5 Å². The Morgan fingerprint density at radius 3 is 2.41 bits per heavy atom. The highest BCUT2D eigenvalue weighted by atomic mass is 16.5. The molecule has 2 fully saturated rings. The lowest BCUT2D eigenvalue weighted by Gasteiger charge is -2.34. The Kier molecular flexibility index (Phi) is 10.5. The average molecular weight is 663 g/mol. The van der Waals surface area contributed by atoms with Crippen LogP contribution >= 0.6 is 0 Å². The smallest absolute Gasteiger partial charge is 0.293 e. The van der Waals surface area contributed by atoms with Gasteiger partial charge in [-0.1, -0.05) is 45.0 Å². The lowest BCUT2D eigenvalue weighted by atomic mass is 9.86. The van der Waals surface area contributed by atoms with Crippen molar-refractivity contribution in [3.8, 4) is 11.3 Å². The molecule has 6 rings (SSSR count). The highest BCUT2D eigenvalue weighted by molar-refractivity contribution is 6.05. The fourth-order valence-corrected chi connectivity index (χ4v) is 6.69. The molecule has 3 N–H and O–H groups in total. The number of piperidine rings is 2. The number of nitrogens with zero attached hydrogens (tertiary/aromatic N) is 3. The van der Waals surface area contributed by atoms with E-state index in [0.717, 1.165) is 68.1 Å².